The molecule has 126 valence electrons. The zero-order valence-electron chi connectivity index (χ0n) is 12.8. The Labute approximate surface area is 138 Å². The maximum atomic E-state index is 13.3. The molecule has 0 radical (unpaired) electrons. The summed E-state index contributed by atoms with van der Waals surface area (Å²) in [5, 5.41) is 2.45. The number of hydrogen-bond donors (Lipinski definition) is 2. The lowest BCUT2D eigenvalue weighted by atomic mass is 10.1. The topological polar surface area (TPSA) is 90.7 Å². The second-order valence-electron chi connectivity index (χ2n) is 4.83. The summed E-state index contributed by atoms with van der Waals surface area (Å²) in [6.07, 6.45) is 0. The van der Waals surface area contributed by atoms with Crippen LogP contribution in [-0.4, -0.2) is 25.2 Å². The number of carbonyl (C=O) groups excluding carboxylic acids is 2. The summed E-state index contributed by atoms with van der Waals surface area (Å²) in [7, 11) is 0. The number of ether oxygens (including phenoxy) is 2. The predicted molar refractivity (Wildman–Crippen MR) is 85.0 cm³/mol. The summed E-state index contributed by atoms with van der Waals surface area (Å²) >= 11 is 0. The van der Waals surface area contributed by atoms with Crippen molar-refractivity contribution in [2.75, 3.05) is 13.2 Å². The van der Waals surface area contributed by atoms with Crippen LogP contribution in [0.2, 0.25) is 0 Å². The number of amides is 2. The molecular formula is C17H17FN2O4. The Morgan fingerprint density at radius 2 is 1.75 bits per heavy atom. The Balaban J connectivity index is 1.76. The second-order valence-corrected chi connectivity index (χ2v) is 4.83. The first-order valence-corrected chi connectivity index (χ1v) is 7.23. The molecule has 2 aromatic rings. The number of para-hydroxylation sites is 1. The molecule has 0 unspecified atom stereocenters. The zero-order valence-corrected chi connectivity index (χ0v) is 12.8. The highest BCUT2D eigenvalue weighted by Gasteiger charge is 2.08. The van der Waals surface area contributed by atoms with Crippen molar-refractivity contribution in [2.45, 2.75) is 6.54 Å². The van der Waals surface area contributed by atoms with Crippen LogP contribution in [0.4, 0.5) is 9.18 Å². The van der Waals surface area contributed by atoms with Crippen molar-refractivity contribution in [3.05, 3.63) is 65.5 Å². The molecule has 0 aliphatic rings. The van der Waals surface area contributed by atoms with E-state index >= 15 is 0 Å². The molecule has 0 bridgehead atoms. The van der Waals surface area contributed by atoms with Gasteiger partial charge in [0.2, 0.25) is 0 Å². The molecule has 0 saturated carbocycles. The van der Waals surface area contributed by atoms with E-state index in [-0.39, 0.29) is 25.5 Å². The first-order chi connectivity index (χ1) is 11.6. The molecule has 0 heterocycles. The number of nitrogens with two attached hydrogens (primary N) is 1. The molecule has 6 nitrogen and oxygen atoms in total. The molecule has 2 rings (SSSR count). The molecule has 0 saturated heterocycles. The molecule has 0 aliphatic heterocycles. The molecule has 24 heavy (non-hydrogen) atoms. The van der Waals surface area contributed by atoms with Gasteiger partial charge in [-0.2, -0.15) is 0 Å². The number of urea groups is 1. The summed E-state index contributed by atoms with van der Waals surface area (Å²) in [6, 6.07) is 11.9. The smallest absolute Gasteiger partial charge is 0.338 e. The molecule has 0 fully saturated rings. The first kappa shape index (κ1) is 17.3. The van der Waals surface area contributed by atoms with Crippen LogP contribution >= 0.6 is 0 Å². The van der Waals surface area contributed by atoms with Crippen LogP contribution in [0.25, 0.3) is 0 Å². The standard InChI is InChI=1S/C17H17FN2O4/c18-14-3-1-2-4-15(14)23-9-10-24-16(21)13-7-5-12(6-8-13)11-20-17(19)22/h1-8H,9-11H2,(H3,19,20,22). The van der Waals surface area contributed by atoms with Crippen LogP contribution in [0, 0.1) is 5.82 Å². The van der Waals surface area contributed by atoms with Crippen molar-refractivity contribution >= 4 is 12.0 Å². The van der Waals surface area contributed by atoms with Crippen LogP contribution < -0.4 is 15.8 Å². The fourth-order valence-electron chi connectivity index (χ4n) is 1.88. The third-order valence-corrected chi connectivity index (χ3v) is 3.07. The minimum atomic E-state index is -0.617. The van der Waals surface area contributed by atoms with Crippen LogP contribution in [0.15, 0.2) is 48.5 Å². The van der Waals surface area contributed by atoms with E-state index in [1.807, 2.05) is 0 Å². The predicted octanol–water partition coefficient (Wildman–Crippen LogP) is 2.23. The molecule has 0 spiro atoms. The van der Waals surface area contributed by atoms with E-state index in [9.17, 15) is 14.0 Å². The Hall–Kier alpha value is -3.09. The molecule has 0 aliphatic carbocycles. The molecule has 2 aromatic carbocycles. The summed E-state index contributed by atoms with van der Waals surface area (Å²) in [5.41, 5.74) is 6.14. The molecule has 0 aromatic heterocycles. The third-order valence-electron chi connectivity index (χ3n) is 3.07. The Kier molecular flexibility index (Phi) is 6.13. The van der Waals surface area contributed by atoms with Crippen molar-refractivity contribution in [1.29, 1.82) is 0 Å². The van der Waals surface area contributed by atoms with E-state index in [2.05, 4.69) is 5.32 Å². The average Bonchev–Trinajstić information content (AvgIpc) is 2.58. The van der Waals surface area contributed by atoms with E-state index in [0.717, 1.165) is 5.56 Å². The SMILES string of the molecule is NC(=O)NCc1ccc(C(=O)OCCOc2ccccc2F)cc1. The molecule has 3 N–H and O–H groups in total. The highest BCUT2D eigenvalue weighted by Crippen LogP contribution is 2.15. The van der Waals surface area contributed by atoms with E-state index in [1.165, 1.54) is 12.1 Å². The van der Waals surface area contributed by atoms with E-state index in [1.54, 1.807) is 36.4 Å². The van der Waals surface area contributed by atoms with Gasteiger partial charge in [0.05, 0.1) is 5.56 Å². The quantitative estimate of drug-likeness (QED) is 0.601. The number of nitrogens with one attached hydrogen (secondary N) is 1. The maximum Gasteiger partial charge on any atom is 0.338 e. The Morgan fingerprint density at radius 1 is 1.04 bits per heavy atom. The van der Waals surface area contributed by atoms with Gasteiger partial charge in [-0.3, -0.25) is 0 Å². The number of rotatable bonds is 7. The van der Waals surface area contributed by atoms with E-state index in [4.69, 9.17) is 15.2 Å². The minimum absolute atomic E-state index is 0.00184. The van der Waals surface area contributed by atoms with E-state index < -0.39 is 17.8 Å². The fraction of sp³-hybridized carbons (Fsp3) is 0.176. The van der Waals surface area contributed by atoms with Crippen molar-refractivity contribution in [2.24, 2.45) is 5.73 Å². The van der Waals surface area contributed by atoms with E-state index in [0.29, 0.717) is 5.56 Å². The van der Waals surface area contributed by atoms with Crippen molar-refractivity contribution in [1.82, 2.24) is 5.32 Å². The third kappa shape index (κ3) is 5.28. The van der Waals surface area contributed by atoms with Crippen molar-refractivity contribution in [3.63, 3.8) is 0 Å². The number of primary amides is 1. The lowest BCUT2D eigenvalue weighted by Gasteiger charge is -2.08. The van der Waals surface area contributed by atoms with Crippen molar-refractivity contribution < 1.29 is 23.5 Å². The summed E-state index contributed by atoms with van der Waals surface area (Å²) in [4.78, 5) is 22.5. The van der Waals surface area contributed by atoms with Gasteiger partial charge in [0.1, 0.15) is 13.2 Å². The number of carbonyl (C=O) groups is 2. The van der Waals surface area contributed by atoms with Crippen LogP contribution in [-0.2, 0) is 11.3 Å². The van der Waals surface area contributed by atoms with Crippen LogP contribution in [0.3, 0.4) is 0 Å². The number of esters is 1. The lowest BCUT2D eigenvalue weighted by molar-refractivity contribution is 0.0448. The molecule has 7 heteroatoms. The molecular weight excluding hydrogens is 315 g/mol. The summed E-state index contributed by atoms with van der Waals surface area (Å²) in [6.45, 7) is 0.326. The van der Waals surface area contributed by atoms with Gasteiger partial charge in [-0.15, -0.1) is 0 Å². The van der Waals surface area contributed by atoms with Gasteiger partial charge < -0.3 is 20.5 Å². The fourth-order valence-corrected chi connectivity index (χ4v) is 1.88. The maximum absolute atomic E-state index is 13.3. The highest BCUT2D eigenvalue weighted by molar-refractivity contribution is 5.89. The number of halogens is 1. The molecule has 2 amide bonds. The van der Waals surface area contributed by atoms with Gasteiger partial charge in [-0.1, -0.05) is 24.3 Å². The summed E-state index contributed by atoms with van der Waals surface area (Å²) in [5.74, 6) is -0.870. The van der Waals surface area contributed by atoms with Gasteiger partial charge in [0.15, 0.2) is 11.6 Å². The minimum Gasteiger partial charge on any atom is -0.487 e. The van der Waals surface area contributed by atoms with Crippen LogP contribution in [0.5, 0.6) is 5.75 Å². The first-order valence-electron chi connectivity index (χ1n) is 7.23. The van der Waals surface area contributed by atoms with Gasteiger partial charge in [0.25, 0.3) is 0 Å². The average molecular weight is 332 g/mol. The van der Waals surface area contributed by atoms with Gasteiger partial charge in [0, 0.05) is 6.54 Å². The van der Waals surface area contributed by atoms with Gasteiger partial charge >= 0.3 is 12.0 Å². The Morgan fingerprint density at radius 3 is 2.42 bits per heavy atom. The van der Waals surface area contributed by atoms with Crippen molar-refractivity contribution in [3.8, 4) is 5.75 Å². The zero-order chi connectivity index (χ0) is 17.4. The normalized spacial score (nSPS) is 10.0. The number of benzene rings is 2. The monoisotopic (exact) mass is 332 g/mol. The molecule has 0 atom stereocenters. The lowest BCUT2D eigenvalue weighted by Crippen LogP contribution is -2.28. The largest absolute Gasteiger partial charge is 0.487 e. The highest BCUT2D eigenvalue weighted by atomic mass is 19.1. The van der Waals surface area contributed by atoms with Gasteiger partial charge in [-0.05, 0) is 29.8 Å². The van der Waals surface area contributed by atoms with Crippen LogP contribution in [0.1, 0.15) is 15.9 Å². The number of hydrogen-bond acceptors (Lipinski definition) is 4. The second kappa shape index (κ2) is 8.52. The van der Waals surface area contributed by atoms with Gasteiger partial charge in [-0.25, -0.2) is 14.0 Å². The summed E-state index contributed by atoms with van der Waals surface area (Å²) < 4.78 is 23.6. The Bertz CT molecular complexity index is 704.